The first-order valence-electron chi connectivity index (χ1n) is 17.3. The third kappa shape index (κ3) is 2.77. The Bertz CT molecular complexity index is 1540. The lowest BCUT2D eigenvalue weighted by Crippen LogP contribution is -2.61. The van der Waals surface area contributed by atoms with E-state index in [0.29, 0.717) is 30.0 Å². The highest BCUT2D eigenvalue weighted by Crippen LogP contribution is 2.63. The van der Waals surface area contributed by atoms with Gasteiger partial charge < -0.3 is 5.32 Å². The Morgan fingerprint density at radius 2 is 1.69 bits per heavy atom. The molecule has 4 nitrogen and oxygen atoms in total. The van der Waals surface area contributed by atoms with Crippen LogP contribution >= 0.6 is 0 Å². The van der Waals surface area contributed by atoms with Gasteiger partial charge in [-0.05, 0) is 91.6 Å². The van der Waals surface area contributed by atoms with E-state index in [1.54, 1.807) is 16.8 Å². The number of hydrogen-bond acceptors (Lipinski definition) is 4. The van der Waals surface area contributed by atoms with Gasteiger partial charge in [-0.25, -0.2) is 0 Å². The number of hydrogen-bond donors (Lipinski definition) is 1. The highest BCUT2D eigenvalue weighted by atomic mass is 15.2. The molecule has 1 N–H and O–H groups in total. The van der Waals surface area contributed by atoms with Crippen LogP contribution in [0.15, 0.2) is 59.6 Å². The first-order chi connectivity index (χ1) is 20.6. The number of rotatable bonds is 4. The highest BCUT2D eigenvalue weighted by Gasteiger charge is 2.66. The normalized spacial score (nSPS) is 43.9. The number of benzene rings is 2. The second kappa shape index (κ2) is 8.39. The number of nitrogens with one attached hydrogen (secondary N) is 1. The number of fused-ring (bicyclic) bond motifs is 4. The van der Waals surface area contributed by atoms with E-state index in [2.05, 4.69) is 71.4 Å². The summed E-state index contributed by atoms with van der Waals surface area (Å²) in [6.07, 6.45) is 8.88. The molecule has 10 rings (SSSR count). The molecule has 6 aliphatic heterocycles. The summed E-state index contributed by atoms with van der Waals surface area (Å²) in [5.41, 5.74) is 10.9. The molecule has 0 radical (unpaired) electrons. The van der Waals surface area contributed by atoms with E-state index in [4.69, 9.17) is 11.6 Å². The molecule has 42 heavy (non-hydrogen) atoms. The highest BCUT2D eigenvalue weighted by molar-refractivity contribution is 6.05. The second-order valence-corrected chi connectivity index (χ2v) is 15.4. The van der Waals surface area contributed by atoms with Gasteiger partial charge in [0.15, 0.2) is 0 Å². The van der Waals surface area contributed by atoms with E-state index >= 15 is 0 Å². The molecule has 2 aromatic carbocycles. The van der Waals surface area contributed by atoms with Crippen LogP contribution in [0.3, 0.4) is 0 Å². The monoisotopic (exact) mass is 558 g/mol. The van der Waals surface area contributed by atoms with Gasteiger partial charge in [-0.2, -0.15) is 0 Å². The van der Waals surface area contributed by atoms with Crippen molar-refractivity contribution in [3.8, 4) is 0 Å². The maximum atomic E-state index is 5.60. The molecule has 10 atom stereocenters. The van der Waals surface area contributed by atoms with Crippen molar-refractivity contribution in [1.82, 2.24) is 9.80 Å². The number of nitrogens with zero attached hydrogens (tertiary/aromatic N) is 3. The SMILES string of the molecule is C=C1C2CC3N(CCC34c3cccc(CC5C6=Nc7ccccc7C67CCN6CC(CC)C5CC67)c3NC14)CC2CC. The van der Waals surface area contributed by atoms with Crippen molar-refractivity contribution < 1.29 is 0 Å². The average Bonchev–Trinajstić information content (AvgIpc) is 3.78. The lowest BCUT2D eigenvalue weighted by Gasteiger charge is -2.54. The van der Waals surface area contributed by atoms with Gasteiger partial charge >= 0.3 is 0 Å². The minimum Gasteiger partial charge on any atom is -0.377 e. The van der Waals surface area contributed by atoms with Crippen LogP contribution in [0.1, 0.15) is 69.1 Å². The second-order valence-electron chi connectivity index (χ2n) is 15.4. The smallest absolute Gasteiger partial charge is 0.0671 e. The fourth-order valence-electron chi connectivity index (χ4n) is 12.7. The molecule has 218 valence electrons. The Kier molecular flexibility index (Phi) is 4.98. The van der Waals surface area contributed by atoms with E-state index < -0.39 is 0 Å². The van der Waals surface area contributed by atoms with Gasteiger partial charge in [-0.1, -0.05) is 75.2 Å². The molecule has 2 aliphatic carbocycles. The van der Waals surface area contributed by atoms with E-state index in [1.165, 1.54) is 87.2 Å². The topological polar surface area (TPSA) is 30.9 Å². The molecule has 6 heterocycles. The van der Waals surface area contributed by atoms with E-state index in [1.807, 2.05) is 0 Å². The van der Waals surface area contributed by atoms with Crippen LogP contribution in [0.25, 0.3) is 0 Å². The van der Waals surface area contributed by atoms with Crippen molar-refractivity contribution in [2.24, 2.45) is 34.6 Å². The quantitative estimate of drug-likeness (QED) is 0.423. The summed E-state index contributed by atoms with van der Waals surface area (Å²) >= 11 is 0. The molecule has 2 saturated carbocycles. The predicted molar refractivity (Wildman–Crippen MR) is 171 cm³/mol. The first-order valence-corrected chi connectivity index (χ1v) is 17.3. The molecular weight excluding hydrogens is 512 g/mol. The molecule has 2 aromatic rings. The van der Waals surface area contributed by atoms with Crippen LogP contribution in [0.5, 0.6) is 0 Å². The van der Waals surface area contributed by atoms with Gasteiger partial charge in [0.2, 0.25) is 0 Å². The zero-order valence-corrected chi connectivity index (χ0v) is 25.5. The maximum Gasteiger partial charge on any atom is 0.0671 e. The zero-order valence-electron chi connectivity index (χ0n) is 25.5. The molecule has 4 bridgehead atoms. The summed E-state index contributed by atoms with van der Waals surface area (Å²) in [5, 5.41) is 4.25. The van der Waals surface area contributed by atoms with Crippen LogP contribution in [0, 0.1) is 29.6 Å². The van der Waals surface area contributed by atoms with Gasteiger partial charge in [0.05, 0.1) is 17.1 Å². The molecule has 6 fully saturated rings. The summed E-state index contributed by atoms with van der Waals surface area (Å²) in [4.78, 5) is 11.3. The van der Waals surface area contributed by atoms with Crippen molar-refractivity contribution in [1.29, 1.82) is 0 Å². The zero-order chi connectivity index (χ0) is 28.0. The molecule has 10 unspecified atom stereocenters. The molecular formula is C38H46N4. The van der Waals surface area contributed by atoms with Crippen molar-refractivity contribution in [3.05, 3.63) is 71.3 Å². The van der Waals surface area contributed by atoms with Crippen LogP contribution in [0.4, 0.5) is 11.4 Å². The minimum absolute atomic E-state index is 0.140. The van der Waals surface area contributed by atoms with Gasteiger partial charge in [0, 0.05) is 47.9 Å². The first kappa shape index (κ1) is 25.0. The Hall–Kier alpha value is -2.43. The molecule has 0 aromatic heterocycles. The van der Waals surface area contributed by atoms with Crippen LogP contribution in [0.2, 0.25) is 0 Å². The third-order valence-corrected chi connectivity index (χ3v) is 14.5. The van der Waals surface area contributed by atoms with Gasteiger partial charge in [-0.15, -0.1) is 0 Å². The molecule has 4 heteroatoms. The standard InChI is InChI=1S/C38H46N4/c1-4-23-20-41-16-14-38-30-11-8-9-25(34(30)40-35(38)22(3)26(23)18-32(38)41)17-28-27-19-33-37(13-15-42(33)21-24(27)5-2)29-10-6-7-12-31(29)39-36(28)37/h6-12,23-24,26-28,32-33,35,40H,3-5,13-21H2,1-2H3. The number of piperidine rings is 2. The Morgan fingerprint density at radius 1 is 0.905 bits per heavy atom. The fraction of sp³-hybridized carbons (Fsp3) is 0.605. The Morgan fingerprint density at radius 3 is 2.57 bits per heavy atom. The summed E-state index contributed by atoms with van der Waals surface area (Å²) in [6.45, 7) is 14.8. The van der Waals surface area contributed by atoms with E-state index in [9.17, 15) is 0 Å². The van der Waals surface area contributed by atoms with Gasteiger partial charge in [0.1, 0.15) is 0 Å². The maximum absolute atomic E-state index is 5.60. The van der Waals surface area contributed by atoms with Crippen LogP contribution < -0.4 is 5.32 Å². The Labute approximate surface area is 251 Å². The number of para-hydroxylation sites is 2. The molecule has 2 spiro atoms. The van der Waals surface area contributed by atoms with E-state index in [0.717, 1.165) is 24.2 Å². The van der Waals surface area contributed by atoms with Crippen LogP contribution in [-0.2, 0) is 17.3 Å². The summed E-state index contributed by atoms with van der Waals surface area (Å²) < 4.78 is 0. The summed E-state index contributed by atoms with van der Waals surface area (Å²) in [6, 6.07) is 18.3. The molecule has 8 aliphatic rings. The van der Waals surface area contributed by atoms with Crippen molar-refractivity contribution in [2.75, 3.05) is 31.5 Å². The predicted octanol–water partition coefficient (Wildman–Crippen LogP) is 6.73. The summed E-state index contributed by atoms with van der Waals surface area (Å²) in [5.74, 6) is 3.48. The third-order valence-electron chi connectivity index (χ3n) is 14.5. The molecule has 4 saturated heterocycles. The van der Waals surface area contributed by atoms with Crippen LogP contribution in [-0.4, -0.2) is 59.8 Å². The van der Waals surface area contributed by atoms with E-state index in [-0.39, 0.29) is 10.8 Å². The number of aliphatic imine (C=N–C) groups is 1. The summed E-state index contributed by atoms with van der Waals surface area (Å²) in [7, 11) is 0. The largest absolute Gasteiger partial charge is 0.377 e. The number of anilines is 1. The Balaban J connectivity index is 1.08. The van der Waals surface area contributed by atoms with Gasteiger partial charge in [0.25, 0.3) is 0 Å². The minimum atomic E-state index is 0.140. The molecule has 0 amide bonds. The van der Waals surface area contributed by atoms with Gasteiger partial charge in [-0.3, -0.25) is 14.8 Å². The lowest BCUT2D eigenvalue weighted by atomic mass is 9.54. The van der Waals surface area contributed by atoms with Crippen molar-refractivity contribution >= 4 is 17.1 Å². The van der Waals surface area contributed by atoms with Crippen molar-refractivity contribution in [2.45, 2.75) is 87.7 Å². The lowest BCUT2D eigenvalue weighted by molar-refractivity contribution is 0.0421. The average molecular weight is 559 g/mol. The van der Waals surface area contributed by atoms with Crippen molar-refractivity contribution in [3.63, 3.8) is 0 Å². The fourth-order valence-corrected chi connectivity index (χ4v) is 12.7.